The average molecular weight is 821 g/mol. The number of fused-ring (bicyclic) bond motifs is 18. The molecule has 15 rings (SSSR count). The van der Waals surface area contributed by atoms with E-state index < -0.39 is 0 Å². The lowest BCUT2D eigenvalue weighted by Crippen LogP contribution is -2.61. The van der Waals surface area contributed by atoms with E-state index in [1.54, 1.807) is 0 Å². The Balaban J connectivity index is 1.11. The summed E-state index contributed by atoms with van der Waals surface area (Å²) in [6.07, 6.45) is 0. The molecule has 2 nitrogen and oxygen atoms in total. The number of nitrogens with zero attached hydrogens (tertiary/aromatic N) is 2. The molecule has 0 saturated carbocycles. The number of benzene rings is 13. The molecule has 3 heteroatoms. The zero-order chi connectivity index (χ0) is 42.3. The summed E-state index contributed by atoms with van der Waals surface area (Å²) in [7, 11) is 0. The Kier molecular flexibility index (Phi) is 7.06. The zero-order valence-electron chi connectivity index (χ0n) is 35.3. The first-order valence-corrected chi connectivity index (χ1v) is 22.7. The fourth-order valence-electron chi connectivity index (χ4n) is 12.1. The van der Waals surface area contributed by atoms with Crippen LogP contribution in [0.4, 0.5) is 34.1 Å². The molecule has 0 saturated heterocycles. The van der Waals surface area contributed by atoms with Crippen molar-refractivity contribution in [2.45, 2.75) is 0 Å². The van der Waals surface area contributed by atoms with E-state index in [0.29, 0.717) is 0 Å². The first kappa shape index (κ1) is 35.1. The van der Waals surface area contributed by atoms with E-state index in [-0.39, 0.29) is 6.71 Å². The molecule has 0 amide bonds. The molecule has 298 valence electrons. The molecular weight excluding hydrogens is 784 g/mol. The third-order valence-electron chi connectivity index (χ3n) is 14.7. The largest absolute Gasteiger partial charge is 0.311 e. The van der Waals surface area contributed by atoms with Gasteiger partial charge in [-0.3, -0.25) is 0 Å². The molecular formula is C62H37BN2. The van der Waals surface area contributed by atoms with Gasteiger partial charge in [0.15, 0.2) is 0 Å². The van der Waals surface area contributed by atoms with Crippen LogP contribution in [0.2, 0.25) is 0 Å². The van der Waals surface area contributed by atoms with Crippen LogP contribution in [0.5, 0.6) is 0 Å². The van der Waals surface area contributed by atoms with Crippen molar-refractivity contribution in [2.24, 2.45) is 0 Å². The lowest BCUT2D eigenvalue weighted by molar-refractivity contribution is 1.27. The maximum Gasteiger partial charge on any atom is 0.252 e. The van der Waals surface area contributed by atoms with Crippen molar-refractivity contribution in [3.8, 4) is 0 Å². The maximum atomic E-state index is 2.61. The molecule has 0 N–H and O–H groups in total. The van der Waals surface area contributed by atoms with Crippen LogP contribution in [0.25, 0.3) is 86.2 Å². The van der Waals surface area contributed by atoms with Gasteiger partial charge in [0.05, 0.1) is 11.4 Å². The van der Waals surface area contributed by atoms with Gasteiger partial charge in [-0.1, -0.05) is 188 Å². The molecule has 65 heavy (non-hydrogen) atoms. The second kappa shape index (κ2) is 13.1. The SMILES string of the molecule is c1cc2c3c(c1)N(c1cccc4c5ccccc5c5ccccc5c14)c1cc4ccccc4cc1B3c1cc3ccccc3cc1N2c1cccc2c3ccccc3c3ccccc3c12. The van der Waals surface area contributed by atoms with Crippen molar-refractivity contribution in [1.29, 1.82) is 0 Å². The Bertz CT molecular complexity index is 3870. The molecule has 13 aromatic carbocycles. The highest BCUT2D eigenvalue weighted by Crippen LogP contribution is 2.51. The Hall–Kier alpha value is -8.40. The Morgan fingerprint density at radius 3 is 0.892 bits per heavy atom. The van der Waals surface area contributed by atoms with Gasteiger partial charge >= 0.3 is 0 Å². The predicted molar refractivity (Wildman–Crippen MR) is 281 cm³/mol. The minimum absolute atomic E-state index is 0.0204. The van der Waals surface area contributed by atoms with Crippen molar-refractivity contribution >= 4 is 143 Å². The minimum Gasteiger partial charge on any atom is -0.311 e. The lowest BCUT2D eigenvalue weighted by atomic mass is 9.33. The highest BCUT2D eigenvalue weighted by atomic mass is 15.2. The highest BCUT2D eigenvalue weighted by molar-refractivity contribution is 7.00. The highest BCUT2D eigenvalue weighted by Gasteiger charge is 2.44. The molecule has 0 bridgehead atoms. The molecule has 13 aromatic rings. The fraction of sp³-hybridized carbons (Fsp3) is 0. The number of rotatable bonds is 2. The number of hydrogen-bond donors (Lipinski definition) is 0. The zero-order valence-corrected chi connectivity index (χ0v) is 35.3. The smallest absolute Gasteiger partial charge is 0.252 e. The number of hydrogen-bond acceptors (Lipinski definition) is 2. The fourth-order valence-corrected chi connectivity index (χ4v) is 12.1. The normalized spacial score (nSPS) is 13.1. The monoisotopic (exact) mass is 820 g/mol. The van der Waals surface area contributed by atoms with Crippen molar-refractivity contribution in [3.05, 3.63) is 224 Å². The van der Waals surface area contributed by atoms with Gasteiger partial charge in [0.25, 0.3) is 6.71 Å². The molecule has 2 aliphatic heterocycles. The Labute approximate surface area is 375 Å². The van der Waals surface area contributed by atoms with Gasteiger partial charge in [0.1, 0.15) is 0 Å². The van der Waals surface area contributed by atoms with Crippen LogP contribution >= 0.6 is 0 Å². The minimum atomic E-state index is -0.0204. The summed E-state index contributed by atoms with van der Waals surface area (Å²) >= 11 is 0. The van der Waals surface area contributed by atoms with E-state index in [2.05, 4.69) is 234 Å². The quantitative estimate of drug-likeness (QED) is 0.127. The molecule has 2 heterocycles. The second-order valence-corrected chi connectivity index (χ2v) is 17.9. The van der Waals surface area contributed by atoms with E-state index in [1.807, 2.05) is 0 Å². The van der Waals surface area contributed by atoms with Crippen molar-refractivity contribution < 1.29 is 0 Å². The van der Waals surface area contributed by atoms with Gasteiger partial charge < -0.3 is 9.80 Å². The van der Waals surface area contributed by atoms with Crippen molar-refractivity contribution in [3.63, 3.8) is 0 Å². The van der Waals surface area contributed by atoms with Gasteiger partial charge in [-0.2, -0.15) is 0 Å². The molecule has 0 aromatic heterocycles. The molecule has 0 spiro atoms. The van der Waals surface area contributed by atoms with Gasteiger partial charge in [0, 0.05) is 33.5 Å². The van der Waals surface area contributed by atoms with E-state index in [4.69, 9.17) is 0 Å². The summed E-state index contributed by atoms with van der Waals surface area (Å²) in [6, 6.07) is 84.4. The van der Waals surface area contributed by atoms with E-state index in [1.165, 1.54) is 137 Å². The van der Waals surface area contributed by atoms with Crippen molar-refractivity contribution in [1.82, 2.24) is 0 Å². The summed E-state index contributed by atoms with van der Waals surface area (Å²) in [5.74, 6) is 0. The standard InChI is InChI=1S/C62H37BN2/c1-3-18-40-36-58-52(34-38(40)16-1)63-53-35-39-17-2-4-19-41(39)37-59(53)65(55-31-14-29-51-47-23-8-6-21-43(47)45-25-10-12-27-49(45)61(51)55)57-33-15-32-56(62(57)63)64(58)54-30-13-28-50-46-22-7-5-20-42(46)44-24-9-11-26-48(44)60(50)54/h1-37H. The van der Waals surface area contributed by atoms with Crippen LogP contribution in [0.15, 0.2) is 224 Å². The lowest BCUT2D eigenvalue weighted by Gasteiger charge is -2.44. The van der Waals surface area contributed by atoms with Crippen LogP contribution < -0.4 is 26.2 Å². The van der Waals surface area contributed by atoms with Crippen LogP contribution in [0.1, 0.15) is 0 Å². The van der Waals surface area contributed by atoms with Crippen LogP contribution in [0.3, 0.4) is 0 Å². The second-order valence-electron chi connectivity index (χ2n) is 17.9. The molecule has 0 radical (unpaired) electrons. The van der Waals surface area contributed by atoms with Crippen LogP contribution in [-0.4, -0.2) is 6.71 Å². The van der Waals surface area contributed by atoms with Crippen LogP contribution in [0, 0.1) is 0 Å². The first-order valence-electron chi connectivity index (χ1n) is 22.7. The summed E-state index contributed by atoms with van der Waals surface area (Å²) < 4.78 is 0. The Morgan fingerprint density at radius 1 is 0.231 bits per heavy atom. The first-order chi connectivity index (χ1) is 32.3. The maximum absolute atomic E-state index is 2.61. The molecule has 0 aliphatic carbocycles. The summed E-state index contributed by atoms with van der Waals surface area (Å²) in [4.78, 5) is 5.22. The van der Waals surface area contributed by atoms with Gasteiger partial charge in [-0.15, -0.1) is 0 Å². The molecule has 0 fully saturated rings. The van der Waals surface area contributed by atoms with Crippen LogP contribution in [-0.2, 0) is 0 Å². The molecule has 2 aliphatic rings. The van der Waals surface area contributed by atoms with Crippen molar-refractivity contribution in [2.75, 3.05) is 9.80 Å². The van der Waals surface area contributed by atoms with E-state index in [0.717, 1.165) is 0 Å². The average Bonchev–Trinajstić information content (AvgIpc) is 3.37. The third-order valence-corrected chi connectivity index (χ3v) is 14.7. The summed E-state index contributed by atoms with van der Waals surface area (Å²) in [6.45, 7) is -0.0204. The topological polar surface area (TPSA) is 6.48 Å². The predicted octanol–water partition coefficient (Wildman–Crippen LogP) is 15.0. The number of anilines is 6. The van der Waals surface area contributed by atoms with Gasteiger partial charge in [0.2, 0.25) is 0 Å². The van der Waals surface area contributed by atoms with Gasteiger partial charge in [-0.25, -0.2) is 0 Å². The third kappa shape index (κ3) is 4.74. The van der Waals surface area contributed by atoms with E-state index >= 15 is 0 Å². The molecule has 0 unspecified atom stereocenters. The molecule has 0 atom stereocenters. The summed E-state index contributed by atoms with van der Waals surface area (Å²) in [5.41, 5.74) is 11.2. The Morgan fingerprint density at radius 2 is 0.508 bits per heavy atom. The van der Waals surface area contributed by atoms with E-state index in [9.17, 15) is 0 Å². The summed E-state index contributed by atoms with van der Waals surface area (Å²) in [5, 5.41) is 20.2. The van der Waals surface area contributed by atoms with Gasteiger partial charge in [-0.05, 0) is 128 Å².